The van der Waals surface area contributed by atoms with Gasteiger partial charge in [-0.25, -0.2) is 10.1 Å². The largest absolute Gasteiger partial charge is 0.330 e. The fourth-order valence-electron chi connectivity index (χ4n) is 0.180. The maximum atomic E-state index is 7.53. The molecule has 0 radical (unpaired) electrons. The molecule has 0 spiro atoms. The molecule has 0 bridgehead atoms. The summed E-state index contributed by atoms with van der Waals surface area (Å²) in [6.07, 6.45) is 0.695. The van der Waals surface area contributed by atoms with Crippen molar-refractivity contribution in [1.82, 2.24) is 0 Å². The maximum Gasteiger partial charge on any atom is 0.0865 e. The molecule has 4 heteroatoms. The van der Waals surface area contributed by atoms with Crippen LogP contribution in [0.25, 0.3) is 0 Å². The van der Waals surface area contributed by atoms with Crippen molar-refractivity contribution >= 4 is 0 Å². The van der Waals surface area contributed by atoms with E-state index in [0.717, 1.165) is 0 Å². The first-order chi connectivity index (χ1) is 3.41. The van der Waals surface area contributed by atoms with Gasteiger partial charge in [0.2, 0.25) is 0 Å². The van der Waals surface area contributed by atoms with E-state index in [1.807, 2.05) is 0 Å². The van der Waals surface area contributed by atoms with E-state index in [9.17, 15) is 0 Å². The zero-order valence-electron chi connectivity index (χ0n) is 3.96. The summed E-state index contributed by atoms with van der Waals surface area (Å²) in [5, 5.41) is 10.8. The smallest absolute Gasteiger partial charge is 0.0865 e. The van der Waals surface area contributed by atoms with Crippen LogP contribution in [0.15, 0.2) is 0 Å². The van der Waals surface area contributed by atoms with Crippen molar-refractivity contribution in [3.05, 3.63) is 0 Å². The van der Waals surface area contributed by atoms with Gasteiger partial charge in [0.25, 0.3) is 0 Å². The SMILES string of the molecule is NCCCOOO. The molecule has 0 aromatic heterocycles. The highest BCUT2D eigenvalue weighted by Crippen LogP contribution is 1.76. The molecule has 7 heavy (non-hydrogen) atoms. The lowest BCUT2D eigenvalue weighted by Crippen LogP contribution is -2.03. The van der Waals surface area contributed by atoms with Crippen molar-refractivity contribution < 1.29 is 15.2 Å². The predicted molar refractivity (Wildman–Crippen MR) is 23.3 cm³/mol. The first-order valence-electron chi connectivity index (χ1n) is 2.05. The summed E-state index contributed by atoms with van der Waals surface area (Å²) in [5.41, 5.74) is 5.05. The Hall–Kier alpha value is -0.160. The monoisotopic (exact) mass is 107 g/mol. The summed E-state index contributed by atoms with van der Waals surface area (Å²) in [6.45, 7) is 0.885. The van der Waals surface area contributed by atoms with E-state index in [1.165, 1.54) is 0 Å². The quantitative estimate of drug-likeness (QED) is 0.295. The lowest BCUT2D eigenvalue weighted by molar-refractivity contribution is -0.490. The summed E-state index contributed by atoms with van der Waals surface area (Å²) in [4.78, 5) is 4.05. The minimum Gasteiger partial charge on any atom is -0.330 e. The normalized spacial score (nSPS) is 9.43. The molecule has 0 amide bonds. The van der Waals surface area contributed by atoms with E-state index in [2.05, 4.69) is 9.93 Å². The fourth-order valence-corrected chi connectivity index (χ4v) is 0.180. The minimum absolute atomic E-state index is 0.340. The van der Waals surface area contributed by atoms with E-state index in [-0.39, 0.29) is 0 Å². The number of nitrogens with two attached hydrogens (primary N) is 1. The molecule has 44 valence electrons. The zero-order chi connectivity index (χ0) is 5.54. The van der Waals surface area contributed by atoms with Crippen LogP contribution in [0, 0.1) is 0 Å². The van der Waals surface area contributed by atoms with Gasteiger partial charge in [0.15, 0.2) is 0 Å². The van der Waals surface area contributed by atoms with Crippen LogP contribution in [0.5, 0.6) is 0 Å². The summed E-state index contributed by atoms with van der Waals surface area (Å²) < 4.78 is 0. The highest BCUT2D eigenvalue weighted by atomic mass is 17.5. The number of rotatable bonds is 4. The summed E-state index contributed by atoms with van der Waals surface area (Å²) >= 11 is 0. The maximum absolute atomic E-state index is 7.53. The van der Waals surface area contributed by atoms with E-state index in [4.69, 9.17) is 11.0 Å². The van der Waals surface area contributed by atoms with E-state index in [1.54, 1.807) is 0 Å². The van der Waals surface area contributed by atoms with Gasteiger partial charge in [0.1, 0.15) is 0 Å². The highest BCUT2D eigenvalue weighted by Gasteiger charge is 1.81. The van der Waals surface area contributed by atoms with Crippen LogP contribution in [-0.4, -0.2) is 18.4 Å². The van der Waals surface area contributed by atoms with E-state index in [0.29, 0.717) is 19.6 Å². The Balaban J connectivity index is 2.45. The third-order valence-electron chi connectivity index (χ3n) is 0.484. The van der Waals surface area contributed by atoms with Crippen molar-refractivity contribution in [2.24, 2.45) is 5.73 Å². The summed E-state index contributed by atoms with van der Waals surface area (Å²) in [7, 11) is 0. The van der Waals surface area contributed by atoms with Crippen molar-refractivity contribution in [2.45, 2.75) is 6.42 Å². The van der Waals surface area contributed by atoms with Gasteiger partial charge >= 0.3 is 0 Å². The zero-order valence-corrected chi connectivity index (χ0v) is 3.96. The molecular weight excluding hydrogens is 98.0 g/mol. The molecule has 0 aromatic rings. The average Bonchev–Trinajstić information content (AvgIpc) is 1.69. The lowest BCUT2D eigenvalue weighted by atomic mass is 10.5. The predicted octanol–water partition coefficient (Wildman–Crippen LogP) is -0.244. The molecule has 4 nitrogen and oxygen atoms in total. The second-order valence-corrected chi connectivity index (χ2v) is 1.04. The third-order valence-corrected chi connectivity index (χ3v) is 0.484. The van der Waals surface area contributed by atoms with E-state index < -0.39 is 0 Å². The minimum atomic E-state index is 0.340. The average molecular weight is 107 g/mol. The van der Waals surface area contributed by atoms with Gasteiger partial charge in [-0.2, -0.15) is 0 Å². The number of hydrogen-bond donors (Lipinski definition) is 2. The van der Waals surface area contributed by atoms with Crippen LogP contribution in [0.1, 0.15) is 6.42 Å². The van der Waals surface area contributed by atoms with Crippen LogP contribution >= 0.6 is 0 Å². The third kappa shape index (κ3) is 5.84. The molecule has 0 saturated heterocycles. The second-order valence-electron chi connectivity index (χ2n) is 1.04. The molecular formula is C3H9NO3. The standard InChI is InChI=1S/C3H9NO3/c4-2-1-3-6-7-5/h5H,1-4H2. The van der Waals surface area contributed by atoms with Crippen molar-refractivity contribution in [1.29, 1.82) is 0 Å². The molecule has 0 aliphatic heterocycles. The summed E-state index contributed by atoms with van der Waals surface area (Å²) in [5.74, 6) is 0. The molecule has 0 saturated carbocycles. The first-order valence-corrected chi connectivity index (χ1v) is 2.05. The van der Waals surface area contributed by atoms with Crippen LogP contribution < -0.4 is 5.73 Å². The highest BCUT2D eigenvalue weighted by molar-refractivity contribution is 4.30. The molecule has 0 aliphatic rings. The topological polar surface area (TPSA) is 64.7 Å². The van der Waals surface area contributed by atoms with Crippen molar-refractivity contribution in [3.8, 4) is 0 Å². The van der Waals surface area contributed by atoms with Crippen molar-refractivity contribution in [3.63, 3.8) is 0 Å². The molecule has 0 unspecified atom stereocenters. The Kier molecular flexibility index (Phi) is 5.71. The lowest BCUT2D eigenvalue weighted by Gasteiger charge is -1.91. The van der Waals surface area contributed by atoms with Crippen molar-refractivity contribution in [2.75, 3.05) is 13.2 Å². The van der Waals surface area contributed by atoms with Crippen LogP contribution in [0.4, 0.5) is 0 Å². The Labute approximate surface area is 41.7 Å². The molecule has 3 N–H and O–H groups in total. The Morgan fingerprint density at radius 1 is 1.57 bits per heavy atom. The first kappa shape index (κ1) is 6.84. The van der Waals surface area contributed by atoms with Gasteiger partial charge in [-0.05, 0) is 13.0 Å². The van der Waals surface area contributed by atoms with Gasteiger partial charge in [-0.1, -0.05) is 5.04 Å². The van der Waals surface area contributed by atoms with Gasteiger partial charge < -0.3 is 5.73 Å². The molecule has 0 atom stereocenters. The van der Waals surface area contributed by atoms with Gasteiger partial charge in [-0.3, -0.25) is 0 Å². The molecule has 0 aromatic carbocycles. The van der Waals surface area contributed by atoms with Crippen LogP contribution in [0.2, 0.25) is 0 Å². The Morgan fingerprint density at radius 2 is 2.29 bits per heavy atom. The summed E-state index contributed by atoms with van der Waals surface area (Å²) in [6, 6.07) is 0. The van der Waals surface area contributed by atoms with Crippen LogP contribution in [-0.2, 0) is 9.93 Å². The molecule has 0 aliphatic carbocycles. The van der Waals surface area contributed by atoms with E-state index >= 15 is 0 Å². The molecule has 0 fully saturated rings. The fraction of sp³-hybridized carbons (Fsp3) is 1.00. The Bertz CT molecular complexity index is 29.4. The molecule has 0 heterocycles. The molecule has 0 rings (SSSR count). The van der Waals surface area contributed by atoms with Gasteiger partial charge in [0.05, 0.1) is 6.61 Å². The Morgan fingerprint density at radius 3 is 2.71 bits per heavy atom. The van der Waals surface area contributed by atoms with Crippen LogP contribution in [0.3, 0.4) is 0 Å². The number of hydrogen-bond acceptors (Lipinski definition) is 4. The van der Waals surface area contributed by atoms with Gasteiger partial charge in [-0.15, -0.1) is 0 Å². The second kappa shape index (κ2) is 5.84. The van der Waals surface area contributed by atoms with Gasteiger partial charge in [0, 0.05) is 0 Å².